The molecule has 1 saturated heterocycles. The third-order valence-electron chi connectivity index (χ3n) is 4.90. The van der Waals surface area contributed by atoms with Crippen LogP contribution in [-0.2, 0) is 11.3 Å². The Morgan fingerprint density at radius 1 is 1.10 bits per heavy atom. The van der Waals surface area contributed by atoms with Gasteiger partial charge < -0.3 is 15.0 Å². The number of aromatic nitrogens is 2. The summed E-state index contributed by atoms with van der Waals surface area (Å²) in [4.78, 5) is 24.1. The third kappa shape index (κ3) is 4.60. The Morgan fingerprint density at radius 2 is 1.90 bits per heavy atom. The predicted octanol–water partition coefficient (Wildman–Crippen LogP) is 3.54. The van der Waals surface area contributed by atoms with Crippen molar-refractivity contribution in [2.24, 2.45) is 0 Å². The number of rotatable bonds is 5. The number of hydrogen-bond donors (Lipinski definition) is 1. The second-order valence-corrected chi connectivity index (χ2v) is 7.07. The smallest absolute Gasteiger partial charge is 0.257 e. The van der Waals surface area contributed by atoms with E-state index in [0.29, 0.717) is 50.1 Å². The van der Waals surface area contributed by atoms with E-state index in [1.165, 1.54) is 0 Å². The van der Waals surface area contributed by atoms with Gasteiger partial charge in [0.2, 0.25) is 5.95 Å². The highest BCUT2D eigenvalue weighted by Crippen LogP contribution is 2.25. The number of morpholine rings is 1. The molecule has 1 N–H and O–H groups in total. The summed E-state index contributed by atoms with van der Waals surface area (Å²) in [6, 6.07) is 18.1. The highest BCUT2D eigenvalue weighted by atomic mass is 16.5. The molecule has 1 amide bonds. The topological polar surface area (TPSA) is 67.4 Å². The average Bonchev–Trinajstić information content (AvgIpc) is 2.78. The van der Waals surface area contributed by atoms with Crippen LogP contribution in [0.2, 0.25) is 0 Å². The Hall–Kier alpha value is -3.25. The Bertz CT molecular complexity index is 985. The fraction of sp³-hybridized carbons (Fsp3) is 0.261. The van der Waals surface area contributed by atoms with E-state index in [0.717, 1.165) is 16.7 Å². The molecule has 0 aliphatic carbocycles. The van der Waals surface area contributed by atoms with E-state index in [2.05, 4.69) is 10.3 Å². The van der Waals surface area contributed by atoms with Crippen LogP contribution in [0.3, 0.4) is 0 Å². The number of carbonyl (C=O) groups is 1. The second-order valence-electron chi connectivity index (χ2n) is 7.07. The second kappa shape index (κ2) is 8.84. The molecule has 148 valence electrons. The average molecular weight is 388 g/mol. The molecule has 6 nitrogen and oxygen atoms in total. The standard InChI is InChI=1S/C23H24N4O2/c1-17-6-5-9-19(14-17)21-20(22(28)27-10-12-29-13-11-27)16-25-23(26-21)24-15-18-7-3-2-4-8-18/h2-9,14,16H,10-13,15H2,1H3,(H,24,25,26). The maximum absolute atomic E-state index is 13.1. The van der Waals surface area contributed by atoms with Crippen molar-refractivity contribution in [2.45, 2.75) is 13.5 Å². The molecule has 1 aliphatic rings. The van der Waals surface area contributed by atoms with Crippen LogP contribution >= 0.6 is 0 Å². The SMILES string of the molecule is Cc1cccc(-c2nc(NCc3ccccc3)ncc2C(=O)N2CCOCC2)c1. The van der Waals surface area contributed by atoms with Crippen molar-refractivity contribution in [3.8, 4) is 11.3 Å². The molecular formula is C23H24N4O2. The van der Waals surface area contributed by atoms with E-state index in [1.54, 1.807) is 11.1 Å². The lowest BCUT2D eigenvalue weighted by Gasteiger charge is -2.27. The minimum Gasteiger partial charge on any atom is -0.378 e. The fourth-order valence-electron chi connectivity index (χ4n) is 3.35. The van der Waals surface area contributed by atoms with Gasteiger partial charge >= 0.3 is 0 Å². The molecule has 0 saturated carbocycles. The van der Waals surface area contributed by atoms with Gasteiger partial charge in [0.1, 0.15) is 0 Å². The number of carbonyl (C=O) groups excluding carboxylic acids is 1. The number of nitrogens with zero attached hydrogens (tertiary/aromatic N) is 3. The lowest BCUT2D eigenvalue weighted by molar-refractivity contribution is 0.0303. The largest absolute Gasteiger partial charge is 0.378 e. The zero-order chi connectivity index (χ0) is 20.1. The summed E-state index contributed by atoms with van der Waals surface area (Å²) in [5.74, 6) is 0.448. The number of benzene rings is 2. The van der Waals surface area contributed by atoms with E-state index in [1.807, 2.05) is 61.5 Å². The molecule has 3 aromatic rings. The quantitative estimate of drug-likeness (QED) is 0.724. The summed E-state index contributed by atoms with van der Waals surface area (Å²) in [5, 5.41) is 3.26. The maximum Gasteiger partial charge on any atom is 0.257 e. The normalized spacial score (nSPS) is 13.9. The van der Waals surface area contributed by atoms with Gasteiger partial charge in [0, 0.05) is 31.4 Å². The summed E-state index contributed by atoms with van der Waals surface area (Å²) in [6.45, 7) is 4.93. The molecule has 0 bridgehead atoms. The van der Waals surface area contributed by atoms with E-state index in [9.17, 15) is 4.79 Å². The number of hydrogen-bond acceptors (Lipinski definition) is 5. The lowest BCUT2D eigenvalue weighted by Crippen LogP contribution is -2.41. The van der Waals surface area contributed by atoms with Crippen LogP contribution in [0.25, 0.3) is 11.3 Å². The van der Waals surface area contributed by atoms with E-state index in [4.69, 9.17) is 9.72 Å². The van der Waals surface area contributed by atoms with Gasteiger partial charge in [-0.25, -0.2) is 9.97 Å². The van der Waals surface area contributed by atoms with Gasteiger partial charge in [0.05, 0.1) is 24.5 Å². The highest BCUT2D eigenvalue weighted by Gasteiger charge is 2.23. The van der Waals surface area contributed by atoms with E-state index < -0.39 is 0 Å². The molecule has 1 aromatic heterocycles. The molecular weight excluding hydrogens is 364 g/mol. The fourth-order valence-corrected chi connectivity index (χ4v) is 3.35. The minimum atomic E-state index is -0.0561. The first kappa shape index (κ1) is 19.1. The summed E-state index contributed by atoms with van der Waals surface area (Å²) in [7, 11) is 0. The Morgan fingerprint density at radius 3 is 2.66 bits per heavy atom. The molecule has 0 atom stereocenters. The van der Waals surface area contributed by atoms with Crippen molar-refractivity contribution in [1.82, 2.24) is 14.9 Å². The van der Waals surface area contributed by atoms with Crippen LogP contribution in [-0.4, -0.2) is 47.1 Å². The molecule has 6 heteroatoms. The summed E-state index contributed by atoms with van der Waals surface area (Å²) in [5.41, 5.74) is 4.33. The van der Waals surface area contributed by atoms with Gasteiger partial charge in [-0.2, -0.15) is 0 Å². The molecule has 1 fully saturated rings. The van der Waals surface area contributed by atoms with E-state index in [-0.39, 0.29) is 5.91 Å². The third-order valence-corrected chi connectivity index (χ3v) is 4.90. The first-order chi connectivity index (χ1) is 14.2. The Labute approximate surface area is 170 Å². The number of anilines is 1. The van der Waals surface area contributed by atoms with Crippen LogP contribution in [0.1, 0.15) is 21.5 Å². The van der Waals surface area contributed by atoms with Gasteiger partial charge in [-0.15, -0.1) is 0 Å². The van der Waals surface area contributed by atoms with Gasteiger partial charge in [-0.1, -0.05) is 54.1 Å². The van der Waals surface area contributed by atoms with Crippen molar-refractivity contribution >= 4 is 11.9 Å². The highest BCUT2D eigenvalue weighted by molar-refractivity contribution is 6.00. The molecule has 2 heterocycles. The zero-order valence-corrected chi connectivity index (χ0v) is 16.5. The van der Waals surface area contributed by atoms with Gasteiger partial charge in [0.15, 0.2) is 0 Å². The van der Waals surface area contributed by atoms with Crippen molar-refractivity contribution in [1.29, 1.82) is 0 Å². The molecule has 1 aliphatic heterocycles. The first-order valence-electron chi connectivity index (χ1n) is 9.79. The minimum absolute atomic E-state index is 0.0561. The van der Waals surface area contributed by atoms with Crippen molar-refractivity contribution < 1.29 is 9.53 Å². The van der Waals surface area contributed by atoms with Crippen LogP contribution in [0.5, 0.6) is 0 Å². The number of nitrogens with one attached hydrogen (secondary N) is 1. The monoisotopic (exact) mass is 388 g/mol. The number of aryl methyl sites for hydroxylation is 1. The number of ether oxygens (including phenoxy) is 1. The van der Waals surface area contributed by atoms with Gasteiger partial charge in [-0.05, 0) is 18.6 Å². The molecule has 4 rings (SSSR count). The lowest BCUT2D eigenvalue weighted by atomic mass is 10.0. The summed E-state index contributed by atoms with van der Waals surface area (Å²) in [6.07, 6.45) is 1.63. The first-order valence-corrected chi connectivity index (χ1v) is 9.79. The number of amides is 1. The molecule has 0 unspecified atom stereocenters. The predicted molar refractivity (Wildman–Crippen MR) is 113 cm³/mol. The van der Waals surface area contributed by atoms with Crippen LogP contribution < -0.4 is 5.32 Å². The Balaban J connectivity index is 1.65. The summed E-state index contributed by atoms with van der Waals surface area (Å²) < 4.78 is 5.37. The molecule has 0 radical (unpaired) electrons. The zero-order valence-electron chi connectivity index (χ0n) is 16.5. The van der Waals surface area contributed by atoms with Gasteiger partial charge in [-0.3, -0.25) is 4.79 Å². The Kier molecular flexibility index (Phi) is 5.81. The van der Waals surface area contributed by atoms with Crippen molar-refractivity contribution in [3.63, 3.8) is 0 Å². The van der Waals surface area contributed by atoms with E-state index >= 15 is 0 Å². The van der Waals surface area contributed by atoms with Crippen LogP contribution in [0.4, 0.5) is 5.95 Å². The molecule has 2 aromatic carbocycles. The molecule has 29 heavy (non-hydrogen) atoms. The van der Waals surface area contributed by atoms with Crippen molar-refractivity contribution in [3.05, 3.63) is 77.5 Å². The van der Waals surface area contributed by atoms with Gasteiger partial charge in [0.25, 0.3) is 5.91 Å². The summed E-state index contributed by atoms with van der Waals surface area (Å²) >= 11 is 0. The van der Waals surface area contributed by atoms with Crippen LogP contribution in [0.15, 0.2) is 60.8 Å². The molecule has 0 spiro atoms. The van der Waals surface area contributed by atoms with Crippen molar-refractivity contribution in [2.75, 3.05) is 31.6 Å². The maximum atomic E-state index is 13.1. The van der Waals surface area contributed by atoms with Crippen LogP contribution in [0, 0.1) is 6.92 Å².